The van der Waals surface area contributed by atoms with E-state index in [4.69, 9.17) is 0 Å². The summed E-state index contributed by atoms with van der Waals surface area (Å²) in [6.07, 6.45) is 6.83. The lowest BCUT2D eigenvalue weighted by atomic mass is 9.85. The zero-order valence-corrected chi connectivity index (χ0v) is 10.5. The lowest BCUT2D eigenvalue weighted by molar-refractivity contribution is 0.423. The summed E-state index contributed by atoms with van der Waals surface area (Å²) in [6, 6.07) is 0.667. The first-order valence-electron chi connectivity index (χ1n) is 6.24. The summed E-state index contributed by atoms with van der Waals surface area (Å²) in [7, 11) is 1.99. The van der Waals surface area contributed by atoms with Gasteiger partial charge in [0.1, 0.15) is 0 Å². The average molecular weight is 222 g/mol. The van der Waals surface area contributed by atoms with Crippen LogP contribution >= 0.6 is 0 Å². The first-order valence-corrected chi connectivity index (χ1v) is 6.24. The van der Waals surface area contributed by atoms with E-state index in [-0.39, 0.29) is 5.41 Å². The first-order chi connectivity index (χ1) is 7.65. The molecule has 1 aromatic rings. The van der Waals surface area contributed by atoms with E-state index in [1.807, 2.05) is 17.9 Å². The molecule has 1 heterocycles. The maximum atomic E-state index is 4.04. The van der Waals surface area contributed by atoms with Crippen molar-refractivity contribution in [3.8, 4) is 0 Å². The molecule has 0 amide bonds. The van der Waals surface area contributed by atoms with Gasteiger partial charge in [-0.05, 0) is 32.2 Å². The largest absolute Gasteiger partial charge is 0.314 e. The number of nitrogens with one attached hydrogen (secondary N) is 1. The van der Waals surface area contributed by atoms with Gasteiger partial charge in [-0.1, -0.05) is 19.1 Å². The van der Waals surface area contributed by atoms with Gasteiger partial charge in [0, 0.05) is 18.5 Å². The van der Waals surface area contributed by atoms with Crippen molar-refractivity contribution in [1.82, 2.24) is 20.3 Å². The Morgan fingerprint density at radius 3 is 3.06 bits per heavy atom. The molecular formula is C12H22N4. The van der Waals surface area contributed by atoms with Gasteiger partial charge in [0.05, 0.1) is 11.9 Å². The molecule has 4 nitrogen and oxygen atoms in total. The van der Waals surface area contributed by atoms with E-state index in [0.717, 1.165) is 6.54 Å². The first kappa shape index (κ1) is 11.6. The molecule has 4 heteroatoms. The Morgan fingerprint density at radius 1 is 1.62 bits per heavy atom. The Hall–Kier alpha value is -0.900. The Morgan fingerprint density at radius 2 is 2.44 bits per heavy atom. The molecule has 2 unspecified atom stereocenters. The van der Waals surface area contributed by atoms with E-state index in [2.05, 4.69) is 29.5 Å². The number of aromatic nitrogens is 3. The number of hydrogen-bond donors (Lipinski definition) is 1. The van der Waals surface area contributed by atoms with Crippen molar-refractivity contribution in [2.75, 3.05) is 6.54 Å². The maximum Gasteiger partial charge on any atom is 0.0730 e. The summed E-state index contributed by atoms with van der Waals surface area (Å²) < 4.78 is 1.92. The third-order valence-corrected chi connectivity index (χ3v) is 3.76. The monoisotopic (exact) mass is 222 g/mol. The van der Waals surface area contributed by atoms with Gasteiger partial charge in [0.25, 0.3) is 0 Å². The molecule has 1 aliphatic rings. The fourth-order valence-electron chi connectivity index (χ4n) is 2.83. The van der Waals surface area contributed by atoms with Crippen molar-refractivity contribution >= 4 is 0 Å². The van der Waals surface area contributed by atoms with Crippen LogP contribution in [0.15, 0.2) is 6.20 Å². The standard InChI is InChI=1S/C12H22N4/c1-4-7-13-10-5-6-12(2,8-10)11-9-14-15-16(11)3/h9-10,13H,4-8H2,1-3H3. The van der Waals surface area contributed by atoms with E-state index >= 15 is 0 Å². The molecule has 0 aliphatic heterocycles. The number of nitrogens with zero attached hydrogens (tertiary/aromatic N) is 3. The number of hydrogen-bond acceptors (Lipinski definition) is 3. The molecule has 0 saturated heterocycles. The summed E-state index contributed by atoms with van der Waals surface area (Å²) in [5.41, 5.74) is 1.53. The highest BCUT2D eigenvalue weighted by Gasteiger charge is 2.38. The second kappa shape index (κ2) is 4.53. The van der Waals surface area contributed by atoms with E-state index in [0.29, 0.717) is 6.04 Å². The van der Waals surface area contributed by atoms with Gasteiger partial charge in [-0.25, -0.2) is 0 Å². The SMILES string of the molecule is CCCNC1CCC(C)(c2cnnn2C)C1. The molecule has 0 spiro atoms. The molecule has 0 aromatic carbocycles. The van der Waals surface area contributed by atoms with Gasteiger partial charge >= 0.3 is 0 Å². The molecule has 2 rings (SSSR count). The second-order valence-corrected chi connectivity index (χ2v) is 5.20. The molecular weight excluding hydrogens is 200 g/mol. The molecule has 90 valence electrons. The number of aryl methyl sites for hydroxylation is 1. The summed E-state index contributed by atoms with van der Waals surface area (Å²) in [5.74, 6) is 0. The highest BCUT2D eigenvalue weighted by Crippen LogP contribution is 2.40. The Balaban J connectivity index is 2.03. The van der Waals surface area contributed by atoms with Crippen LogP contribution in [0.2, 0.25) is 0 Å². The fourth-order valence-corrected chi connectivity index (χ4v) is 2.83. The van der Waals surface area contributed by atoms with E-state index < -0.39 is 0 Å². The Bertz CT molecular complexity index is 347. The minimum atomic E-state index is 0.254. The Kier molecular flexibility index (Phi) is 3.28. The van der Waals surface area contributed by atoms with Crippen molar-refractivity contribution in [2.24, 2.45) is 7.05 Å². The van der Waals surface area contributed by atoms with Crippen LogP contribution in [-0.4, -0.2) is 27.6 Å². The summed E-state index contributed by atoms with van der Waals surface area (Å²) in [4.78, 5) is 0. The van der Waals surface area contributed by atoms with Gasteiger partial charge in [0.15, 0.2) is 0 Å². The van der Waals surface area contributed by atoms with Crippen LogP contribution in [0.25, 0.3) is 0 Å². The average Bonchev–Trinajstić information content (AvgIpc) is 2.83. The molecule has 0 bridgehead atoms. The van der Waals surface area contributed by atoms with Crippen LogP contribution in [0.3, 0.4) is 0 Å². The van der Waals surface area contributed by atoms with Crippen LogP contribution in [-0.2, 0) is 12.5 Å². The molecule has 2 atom stereocenters. The van der Waals surface area contributed by atoms with Gasteiger partial charge in [-0.3, -0.25) is 4.68 Å². The van der Waals surface area contributed by atoms with Crippen molar-refractivity contribution in [3.05, 3.63) is 11.9 Å². The molecule has 1 aromatic heterocycles. The lowest BCUT2D eigenvalue weighted by Crippen LogP contribution is -2.30. The third-order valence-electron chi connectivity index (χ3n) is 3.76. The second-order valence-electron chi connectivity index (χ2n) is 5.20. The zero-order chi connectivity index (χ0) is 11.6. The molecule has 0 radical (unpaired) electrons. The van der Waals surface area contributed by atoms with Crippen LogP contribution in [0.5, 0.6) is 0 Å². The zero-order valence-electron chi connectivity index (χ0n) is 10.5. The van der Waals surface area contributed by atoms with Gasteiger partial charge in [0.2, 0.25) is 0 Å². The van der Waals surface area contributed by atoms with E-state index in [1.165, 1.54) is 31.4 Å². The van der Waals surface area contributed by atoms with Gasteiger partial charge in [-0.15, -0.1) is 5.10 Å². The van der Waals surface area contributed by atoms with Crippen LogP contribution in [0, 0.1) is 0 Å². The highest BCUT2D eigenvalue weighted by atomic mass is 15.4. The molecule has 1 saturated carbocycles. The molecule has 16 heavy (non-hydrogen) atoms. The smallest absolute Gasteiger partial charge is 0.0730 e. The summed E-state index contributed by atoms with van der Waals surface area (Å²) >= 11 is 0. The maximum absolute atomic E-state index is 4.04. The van der Waals surface area contributed by atoms with Crippen LogP contribution < -0.4 is 5.32 Å². The quantitative estimate of drug-likeness (QED) is 0.842. The minimum Gasteiger partial charge on any atom is -0.314 e. The predicted octanol–water partition coefficient (Wildman–Crippen LogP) is 1.62. The van der Waals surface area contributed by atoms with E-state index in [9.17, 15) is 0 Å². The lowest BCUT2D eigenvalue weighted by Gasteiger charge is -2.23. The Labute approximate surface area is 97.4 Å². The van der Waals surface area contributed by atoms with Crippen molar-refractivity contribution in [3.63, 3.8) is 0 Å². The molecule has 1 N–H and O–H groups in total. The number of rotatable bonds is 4. The summed E-state index contributed by atoms with van der Waals surface area (Å²) in [6.45, 7) is 5.68. The van der Waals surface area contributed by atoms with Gasteiger partial charge in [-0.2, -0.15) is 0 Å². The van der Waals surface area contributed by atoms with E-state index in [1.54, 1.807) is 0 Å². The van der Waals surface area contributed by atoms with Crippen molar-refractivity contribution in [1.29, 1.82) is 0 Å². The minimum absolute atomic E-state index is 0.254. The highest BCUT2D eigenvalue weighted by molar-refractivity contribution is 5.15. The molecule has 1 aliphatic carbocycles. The topological polar surface area (TPSA) is 42.7 Å². The van der Waals surface area contributed by atoms with Crippen LogP contribution in [0.1, 0.15) is 45.2 Å². The van der Waals surface area contributed by atoms with Crippen molar-refractivity contribution in [2.45, 2.75) is 51.0 Å². The summed E-state index contributed by atoms with van der Waals surface area (Å²) in [5, 5.41) is 11.6. The van der Waals surface area contributed by atoms with Crippen molar-refractivity contribution < 1.29 is 0 Å². The predicted molar refractivity (Wildman–Crippen MR) is 64.3 cm³/mol. The van der Waals surface area contributed by atoms with Gasteiger partial charge < -0.3 is 5.32 Å². The molecule has 1 fully saturated rings. The normalized spacial score (nSPS) is 29.8. The third kappa shape index (κ3) is 2.12. The van der Waals surface area contributed by atoms with Crippen LogP contribution in [0.4, 0.5) is 0 Å². The fraction of sp³-hybridized carbons (Fsp3) is 0.833.